The summed E-state index contributed by atoms with van der Waals surface area (Å²) in [5.41, 5.74) is 3.24. The van der Waals surface area contributed by atoms with Crippen LogP contribution in [0.25, 0.3) is 17.1 Å². The van der Waals surface area contributed by atoms with E-state index >= 15 is 0 Å². The highest BCUT2D eigenvalue weighted by Crippen LogP contribution is 2.21. The van der Waals surface area contributed by atoms with E-state index in [4.69, 9.17) is 9.15 Å². The average molecular weight is 446 g/mol. The number of ether oxygens (including phenoxy) is 1. The molecule has 0 radical (unpaired) electrons. The van der Waals surface area contributed by atoms with E-state index in [0.717, 1.165) is 16.9 Å². The molecule has 5 aromatic rings. The van der Waals surface area contributed by atoms with Gasteiger partial charge in [-0.05, 0) is 35.7 Å². The first-order chi connectivity index (χ1) is 15.7. The average Bonchev–Trinajstić information content (AvgIpc) is 3.57. The molecule has 32 heavy (non-hydrogen) atoms. The lowest BCUT2D eigenvalue weighted by Gasteiger charge is -2.08. The predicted octanol–water partition coefficient (Wildman–Crippen LogP) is 4.60. The van der Waals surface area contributed by atoms with Crippen LogP contribution in [-0.2, 0) is 17.8 Å². The number of nitrogens with zero attached hydrogens (tertiary/aromatic N) is 4. The molecule has 0 fully saturated rings. The van der Waals surface area contributed by atoms with Gasteiger partial charge in [0.2, 0.25) is 17.7 Å². The number of imidazole rings is 1. The van der Waals surface area contributed by atoms with Gasteiger partial charge in [-0.3, -0.25) is 4.79 Å². The number of hydrogen-bond donors (Lipinski definition) is 1. The lowest BCUT2D eigenvalue weighted by molar-refractivity contribution is -0.116. The first-order valence-electron chi connectivity index (χ1n) is 10.0. The lowest BCUT2D eigenvalue weighted by Crippen LogP contribution is -2.12. The van der Waals surface area contributed by atoms with Gasteiger partial charge < -0.3 is 18.9 Å². The summed E-state index contributed by atoms with van der Waals surface area (Å²) in [6, 6.07) is 15.0. The number of thiophene rings is 1. The maximum atomic E-state index is 12.4. The molecule has 0 aliphatic rings. The van der Waals surface area contributed by atoms with Crippen LogP contribution in [0.4, 0.5) is 5.69 Å². The summed E-state index contributed by atoms with van der Waals surface area (Å²) in [6.07, 6.45) is 4.48. The highest BCUT2D eigenvalue weighted by Gasteiger charge is 2.11. The van der Waals surface area contributed by atoms with Gasteiger partial charge >= 0.3 is 0 Å². The topological polar surface area (TPSA) is 94.5 Å². The van der Waals surface area contributed by atoms with E-state index < -0.39 is 0 Å². The van der Waals surface area contributed by atoms with Crippen molar-refractivity contribution in [2.75, 3.05) is 5.32 Å². The van der Waals surface area contributed by atoms with Gasteiger partial charge in [0.1, 0.15) is 18.0 Å². The van der Waals surface area contributed by atoms with Crippen LogP contribution in [0.5, 0.6) is 5.75 Å². The molecule has 4 aromatic heterocycles. The molecule has 8 nitrogen and oxygen atoms in total. The first-order valence-corrected chi connectivity index (χ1v) is 11.0. The van der Waals surface area contributed by atoms with Crippen molar-refractivity contribution in [2.45, 2.75) is 19.4 Å². The number of benzene rings is 1. The molecular weight excluding hydrogens is 426 g/mol. The van der Waals surface area contributed by atoms with Gasteiger partial charge in [-0.15, -0.1) is 10.2 Å². The summed E-state index contributed by atoms with van der Waals surface area (Å²) in [5.74, 6) is 1.41. The Bertz CT molecular complexity index is 1310. The van der Waals surface area contributed by atoms with E-state index in [1.165, 1.54) is 0 Å². The van der Waals surface area contributed by atoms with Gasteiger partial charge in [-0.1, -0.05) is 12.1 Å². The van der Waals surface area contributed by atoms with E-state index in [0.29, 0.717) is 36.2 Å². The summed E-state index contributed by atoms with van der Waals surface area (Å²) in [6.45, 7) is 0.336. The summed E-state index contributed by atoms with van der Waals surface area (Å²) >= 11 is 1.56. The number of fused-ring (bicyclic) bond motifs is 1. The Morgan fingerprint density at radius 2 is 2.12 bits per heavy atom. The number of anilines is 1. The summed E-state index contributed by atoms with van der Waals surface area (Å²) < 4.78 is 13.4. The molecule has 0 aliphatic carbocycles. The molecule has 0 aliphatic heterocycles. The van der Waals surface area contributed by atoms with Crippen LogP contribution in [0.2, 0.25) is 0 Å². The van der Waals surface area contributed by atoms with Crippen LogP contribution in [0.1, 0.15) is 18.0 Å². The monoisotopic (exact) mass is 445 g/mol. The van der Waals surface area contributed by atoms with Gasteiger partial charge in [0, 0.05) is 47.9 Å². The van der Waals surface area contributed by atoms with Crippen molar-refractivity contribution in [3.05, 3.63) is 83.3 Å². The largest absolute Gasteiger partial charge is 0.487 e. The number of aromatic nitrogens is 4. The Balaban J connectivity index is 1.14. The zero-order valence-electron chi connectivity index (χ0n) is 17.0. The molecule has 1 aromatic carbocycles. The van der Waals surface area contributed by atoms with Crippen molar-refractivity contribution in [1.82, 2.24) is 19.6 Å². The Labute approximate surface area is 187 Å². The fraction of sp³-hybridized carbons (Fsp3) is 0.130. The highest BCUT2D eigenvalue weighted by molar-refractivity contribution is 7.08. The number of rotatable bonds is 8. The molecule has 1 N–H and O–H groups in total. The summed E-state index contributed by atoms with van der Waals surface area (Å²) in [4.78, 5) is 16.9. The van der Waals surface area contributed by atoms with Crippen LogP contribution >= 0.6 is 11.3 Å². The first kappa shape index (κ1) is 20.0. The van der Waals surface area contributed by atoms with Gasteiger partial charge in [-0.25, -0.2) is 4.98 Å². The number of aryl methyl sites for hydroxylation is 1. The van der Waals surface area contributed by atoms with Crippen LogP contribution in [-0.4, -0.2) is 25.5 Å². The van der Waals surface area contributed by atoms with Crippen molar-refractivity contribution in [1.29, 1.82) is 0 Å². The molecule has 0 bridgehead atoms. The van der Waals surface area contributed by atoms with Gasteiger partial charge in [-0.2, -0.15) is 11.3 Å². The Morgan fingerprint density at radius 3 is 3.00 bits per heavy atom. The number of pyridine rings is 1. The second-order valence-corrected chi connectivity index (χ2v) is 7.86. The fourth-order valence-electron chi connectivity index (χ4n) is 3.18. The van der Waals surface area contributed by atoms with E-state index in [1.807, 2.05) is 70.0 Å². The quantitative estimate of drug-likeness (QED) is 0.375. The number of nitrogens with one attached hydrogen (secondary N) is 1. The number of carbonyl (C=O) groups excluding carboxylic acids is 1. The molecule has 160 valence electrons. The molecule has 4 heterocycles. The zero-order chi connectivity index (χ0) is 21.8. The second-order valence-electron chi connectivity index (χ2n) is 7.08. The van der Waals surface area contributed by atoms with Crippen molar-refractivity contribution >= 4 is 28.6 Å². The fourth-order valence-corrected chi connectivity index (χ4v) is 3.81. The number of carbonyl (C=O) groups is 1. The van der Waals surface area contributed by atoms with Crippen LogP contribution in [0.15, 0.2) is 76.1 Å². The number of amides is 1. The SMILES string of the molecule is O=C(CCc1nnc(-c2ccsc2)o1)Nc1cccc(OCc2cn3ccccc3n2)c1. The Kier molecular flexibility index (Phi) is 5.63. The van der Waals surface area contributed by atoms with Crippen LogP contribution in [0.3, 0.4) is 0 Å². The molecule has 0 unspecified atom stereocenters. The van der Waals surface area contributed by atoms with Gasteiger partial charge in [0.05, 0.1) is 5.69 Å². The standard InChI is InChI=1S/C23H19N5O3S/c29-21(7-8-22-26-27-23(31-22)16-9-11-32-15-16)25-17-4-3-5-19(12-17)30-14-18-13-28-10-2-1-6-20(28)24-18/h1-6,9-13,15H,7-8,14H2,(H,25,29). The molecule has 0 saturated carbocycles. The molecule has 0 saturated heterocycles. The van der Waals surface area contributed by atoms with Crippen molar-refractivity contribution in [3.63, 3.8) is 0 Å². The third-order valence-electron chi connectivity index (χ3n) is 4.72. The maximum Gasteiger partial charge on any atom is 0.248 e. The van der Waals surface area contributed by atoms with E-state index in [9.17, 15) is 4.79 Å². The van der Waals surface area contributed by atoms with Crippen LogP contribution in [0, 0.1) is 0 Å². The Morgan fingerprint density at radius 1 is 1.16 bits per heavy atom. The molecule has 0 atom stereocenters. The summed E-state index contributed by atoms with van der Waals surface area (Å²) in [7, 11) is 0. The summed E-state index contributed by atoms with van der Waals surface area (Å²) in [5, 5.41) is 14.8. The minimum absolute atomic E-state index is 0.141. The molecule has 1 amide bonds. The van der Waals surface area contributed by atoms with Gasteiger partial charge in [0.15, 0.2) is 0 Å². The van der Waals surface area contributed by atoms with Gasteiger partial charge in [0.25, 0.3) is 0 Å². The maximum absolute atomic E-state index is 12.4. The minimum atomic E-state index is -0.141. The van der Waals surface area contributed by atoms with Crippen molar-refractivity contribution in [3.8, 4) is 17.2 Å². The van der Waals surface area contributed by atoms with Crippen molar-refractivity contribution < 1.29 is 13.9 Å². The van der Waals surface area contributed by atoms with Crippen LogP contribution < -0.4 is 10.1 Å². The smallest absolute Gasteiger partial charge is 0.248 e. The normalized spacial score (nSPS) is 11.0. The minimum Gasteiger partial charge on any atom is -0.487 e. The predicted molar refractivity (Wildman–Crippen MR) is 121 cm³/mol. The second kappa shape index (κ2) is 9.03. The molecule has 5 rings (SSSR count). The molecular formula is C23H19N5O3S. The molecule has 9 heteroatoms. The highest BCUT2D eigenvalue weighted by atomic mass is 32.1. The zero-order valence-corrected chi connectivity index (χ0v) is 17.8. The lowest BCUT2D eigenvalue weighted by atomic mass is 10.2. The van der Waals surface area contributed by atoms with E-state index in [-0.39, 0.29) is 12.3 Å². The third kappa shape index (κ3) is 4.68. The number of hydrogen-bond acceptors (Lipinski definition) is 7. The third-order valence-corrected chi connectivity index (χ3v) is 5.40. The van der Waals surface area contributed by atoms with E-state index in [2.05, 4.69) is 20.5 Å². The van der Waals surface area contributed by atoms with Crippen molar-refractivity contribution in [2.24, 2.45) is 0 Å². The Hall–Kier alpha value is -3.98. The molecule has 0 spiro atoms. The van der Waals surface area contributed by atoms with E-state index in [1.54, 1.807) is 17.4 Å².